The van der Waals surface area contributed by atoms with Crippen LogP contribution in [0.2, 0.25) is 0 Å². The second-order valence-corrected chi connectivity index (χ2v) is 8.87. The summed E-state index contributed by atoms with van der Waals surface area (Å²) in [7, 11) is -2.96. The van der Waals surface area contributed by atoms with Crippen LogP contribution >= 0.6 is 0 Å². The average molecular weight is 351 g/mol. The smallest absolute Gasteiger partial charge is 0.237 e. The fourth-order valence-corrected chi connectivity index (χ4v) is 5.08. The van der Waals surface area contributed by atoms with Gasteiger partial charge in [-0.3, -0.25) is 9.69 Å². The molecule has 132 valence electrons. The molecule has 0 bridgehead atoms. The first kappa shape index (κ1) is 17.2. The summed E-state index contributed by atoms with van der Waals surface area (Å²) in [5, 5.41) is 2.90. The van der Waals surface area contributed by atoms with Crippen molar-refractivity contribution in [2.24, 2.45) is 0 Å². The molecular formula is C17H25N3O3S. The van der Waals surface area contributed by atoms with Crippen LogP contribution in [0.3, 0.4) is 0 Å². The summed E-state index contributed by atoms with van der Waals surface area (Å²) in [6.45, 7) is 5.33. The zero-order valence-corrected chi connectivity index (χ0v) is 14.8. The fraction of sp³-hybridized carbons (Fsp3) is 0.588. The first-order valence-corrected chi connectivity index (χ1v) is 10.3. The van der Waals surface area contributed by atoms with Crippen molar-refractivity contribution in [3.05, 3.63) is 30.3 Å². The molecule has 1 amide bonds. The highest BCUT2D eigenvalue weighted by atomic mass is 32.2. The van der Waals surface area contributed by atoms with Crippen molar-refractivity contribution in [3.8, 4) is 0 Å². The van der Waals surface area contributed by atoms with Crippen molar-refractivity contribution in [2.45, 2.75) is 25.4 Å². The Bertz CT molecular complexity index is 670. The molecule has 2 heterocycles. The number of sulfone groups is 1. The predicted molar refractivity (Wildman–Crippen MR) is 94.9 cm³/mol. The van der Waals surface area contributed by atoms with E-state index in [-0.39, 0.29) is 29.5 Å². The lowest BCUT2D eigenvalue weighted by Gasteiger charge is -2.38. The number of piperazine rings is 1. The van der Waals surface area contributed by atoms with Gasteiger partial charge in [0.2, 0.25) is 5.91 Å². The fourth-order valence-electron chi connectivity index (χ4n) is 3.40. The van der Waals surface area contributed by atoms with Gasteiger partial charge in [-0.05, 0) is 25.5 Å². The predicted octanol–water partition coefficient (Wildman–Crippen LogP) is 0.500. The van der Waals surface area contributed by atoms with Crippen LogP contribution in [0.25, 0.3) is 0 Å². The molecule has 0 unspecified atom stereocenters. The van der Waals surface area contributed by atoms with Crippen LogP contribution in [0.4, 0.5) is 5.69 Å². The Hall–Kier alpha value is -1.60. The monoisotopic (exact) mass is 351 g/mol. The number of rotatable bonds is 4. The number of amides is 1. The van der Waals surface area contributed by atoms with Gasteiger partial charge in [0.1, 0.15) is 0 Å². The van der Waals surface area contributed by atoms with Crippen LogP contribution in [0.15, 0.2) is 30.3 Å². The van der Waals surface area contributed by atoms with E-state index in [1.165, 1.54) is 5.69 Å². The largest absolute Gasteiger partial charge is 0.369 e. The van der Waals surface area contributed by atoms with Crippen LogP contribution in [0, 0.1) is 0 Å². The van der Waals surface area contributed by atoms with Gasteiger partial charge in [-0.2, -0.15) is 0 Å². The van der Waals surface area contributed by atoms with Crippen molar-refractivity contribution in [1.82, 2.24) is 10.2 Å². The maximum absolute atomic E-state index is 12.4. The molecule has 2 aliphatic heterocycles. The highest BCUT2D eigenvalue weighted by molar-refractivity contribution is 7.91. The Morgan fingerprint density at radius 2 is 1.83 bits per heavy atom. The molecule has 0 aromatic heterocycles. The molecular weight excluding hydrogens is 326 g/mol. The minimum Gasteiger partial charge on any atom is -0.369 e. The second-order valence-electron chi connectivity index (χ2n) is 6.64. The number of para-hydroxylation sites is 1. The van der Waals surface area contributed by atoms with E-state index in [1.807, 2.05) is 25.1 Å². The average Bonchev–Trinajstić information content (AvgIpc) is 2.93. The zero-order valence-electron chi connectivity index (χ0n) is 14.0. The van der Waals surface area contributed by atoms with Crippen LogP contribution < -0.4 is 10.2 Å². The highest BCUT2D eigenvalue weighted by Gasteiger charge is 2.32. The molecule has 1 N–H and O–H groups in total. The number of nitrogens with zero attached hydrogens (tertiary/aromatic N) is 2. The van der Waals surface area contributed by atoms with Gasteiger partial charge in [-0.25, -0.2) is 8.42 Å². The second kappa shape index (κ2) is 7.11. The lowest BCUT2D eigenvalue weighted by molar-refractivity contribution is -0.126. The molecule has 1 aromatic carbocycles. The molecule has 24 heavy (non-hydrogen) atoms. The Morgan fingerprint density at radius 1 is 1.17 bits per heavy atom. The third-order valence-electron chi connectivity index (χ3n) is 4.94. The molecule has 2 aliphatic rings. The van der Waals surface area contributed by atoms with E-state index >= 15 is 0 Å². The third kappa shape index (κ3) is 4.08. The van der Waals surface area contributed by atoms with Gasteiger partial charge in [-0.1, -0.05) is 18.2 Å². The molecule has 1 aromatic rings. The van der Waals surface area contributed by atoms with Gasteiger partial charge in [-0.15, -0.1) is 0 Å². The molecule has 6 nitrogen and oxygen atoms in total. The Labute approximate surface area is 143 Å². The maximum atomic E-state index is 12.4. The summed E-state index contributed by atoms with van der Waals surface area (Å²) in [6.07, 6.45) is 0.530. The van der Waals surface area contributed by atoms with Crippen molar-refractivity contribution in [2.75, 3.05) is 42.6 Å². The van der Waals surface area contributed by atoms with Gasteiger partial charge in [0.05, 0.1) is 17.5 Å². The summed E-state index contributed by atoms with van der Waals surface area (Å²) in [4.78, 5) is 16.9. The number of hydrogen-bond donors (Lipinski definition) is 1. The number of anilines is 1. The van der Waals surface area contributed by atoms with Crippen molar-refractivity contribution in [1.29, 1.82) is 0 Å². The quantitative estimate of drug-likeness (QED) is 0.855. The van der Waals surface area contributed by atoms with Gasteiger partial charge in [0.25, 0.3) is 0 Å². The molecule has 0 saturated carbocycles. The van der Waals surface area contributed by atoms with Crippen LogP contribution in [0.5, 0.6) is 0 Å². The van der Waals surface area contributed by atoms with E-state index in [2.05, 4.69) is 27.2 Å². The van der Waals surface area contributed by atoms with Crippen molar-refractivity contribution in [3.63, 3.8) is 0 Å². The SMILES string of the molecule is C[C@H](C(=O)N[C@@H]1CCS(=O)(=O)C1)N1CCN(c2ccccc2)CC1. The van der Waals surface area contributed by atoms with Crippen LogP contribution in [-0.2, 0) is 14.6 Å². The number of nitrogens with one attached hydrogen (secondary N) is 1. The topological polar surface area (TPSA) is 69.7 Å². The summed E-state index contributed by atoms with van der Waals surface area (Å²) < 4.78 is 23.0. The summed E-state index contributed by atoms with van der Waals surface area (Å²) in [6, 6.07) is 9.83. The molecule has 3 rings (SSSR count). The minimum absolute atomic E-state index is 0.0646. The van der Waals surface area contributed by atoms with Gasteiger partial charge >= 0.3 is 0 Å². The first-order chi connectivity index (χ1) is 11.4. The van der Waals surface area contributed by atoms with E-state index in [0.29, 0.717) is 6.42 Å². The van der Waals surface area contributed by atoms with Gasteiger partial charge < -0.3 is 10.2 Å². The number of benzene rings is 1. The maximum Gasteiger partial charge on any atom is 0.237 e. The van der Waals surface area contributed by atoms with E-state index in [9.17, 15) is 13.2 Å². The summed E-state index contributed by atoms with van der Waals surface area (Å²) in [5.74, 6) is 0.195. The van der Waals surface area contributed by atoms with Crippen molar-refractivity contribution >= 4 is 21.4 Å². The van der Waals surface area contributed by atoms with Crippen LogP contribution in [0.1, 0.15) is 13.3 Å². The molecule has 0 radical (unpaired) electrons. The zero-order chi connectivity index (χ0) is 17.2. The number of carbonyl (C=O) groups is 1. The lowest BCUT2D eigenvalue weighted by Crippen LogP contribution is -2.55. The van der Waals surface area contributed by atoms with E-state index in [4.69, 9.17) is 0 Å². The first-order valence-electron chi connectivity index (χ1n) is 8.49. The molecule has 0 aliphatic carbocycles. The molecule has 2 fully saturated rings. The standard InChI is InChI=1S/C17H25N3O3S/c1-14(17(21)18-15-7-12-24(22,23)13-15)19-8-10-20(11-9-19)16-5-3-2-4-6-16/h2-6,14-15H,7-13H2,1H3,(H,18,21)/t14-,15-/m1/s1. The van der Waals surface area contributed by atoms with Crippen molar-refractivity contribution < 1.29 is 13.2 Å². The van der Waals surface area contributed by atoms with Crippen LogP contribution in [-0.4, -0.2) is 69.0 Å². The van der Waals surface area contributed by atoms with Gasteiger partial charge in [0.15, 0.2) is 9.84 Å². The summed E-state index contributed by atoms with van der Waals surface area (Å²) >= 11 is 0. The Morgan fingerprint density at radius 3 is 2.42 bits per heavy atom. The normalized spacial score (nSPS) is 25.4. The Kier molecular flexibility index (Phi) is 5.10. The van der Waals surface area contributed by atoms with Gasteiger partial charge in [0, 0.05) is 37.9 Å². The van der Waals surface area contributed by atoms with E-state index in [0.717, 1.165) is 26.2 Å². The lowest BCUT2D eigenvalue weighted by atomic mass is 10.1. The molecule has 0 spiro atoms. The molecule has 2 saturated heterocycles. The minimum atomic E-state index is -2.96. The molecule has 2 atom stereocenters. The number of hydrogen-bond acceptors (Lipinski definition) is 5. The third-order valence-corrected chi connectivity index (χ3v) is 6.71. The summed E-state index contributed by atoms with van der Waals surface area (Å²) in [5.41, 5.74) is 1.21. The highest BCUT2D eigenvalue weighted by Crippen LogP contribution is 2.17. The van der Waals surface area contributed by atoms with E-state index in [1.54, 1.807) is 0 Å². The number of carbonyl (C=O) groups excluding carboxylic acids is 1. The Balaban J connectivity index is 1.50. The molecule has 7 heteroatoms. The van der Waals surface area contributed by atoms with E-state index < -0.39 is 9.84 Å².